The lowest BCUT2D eigenvalue weighted by Crippen LogP contribution is -2.52. The molecule has 0 saturated heterocycles. The normalized spacial score (nSPS) is 31.4. The molecule has 0 radical (unpaired) electrons. The second kappa shape index (κ2) is 8.35. The molecule has 20 heavy (non-hydrogen) atoms. The lowest BCUT2D eigenvalue weighted by atomic mass is 9.80. The average Bonchev–Trinajstić information content (AvgIpc) is 2.35. The number of hydrogen-bond donors (Lipinski definition) is 1. The molecule has 4 atom stereocenters. The highest BCUT2D eigenvalue weighted by Gasteiger charge is 2.41. The van der Waals surface area contributed by atoms with Gasteiger partial charge in [-0.1, -0.05) is 20.8 Å². The largest absolute Gasteiger partial charge is 0.385 e. The first-order chi connectivity index (χ1) is 9.42. The van der Waals surface area contributed by atoms with Crippen molar-refractivity contribution in [2.24, 2.45) is 11.8 Å². The number of ether oxygens (including phenoxy) is 1. The Labute approximate surface area is 124 Å². The first kappa shape index (κ1) is 17.9. The minimum absolute atomic E-state index is 0.112. The highest BCUT2D eigenvalue weighted by molar-refractivity contribution is 7.92. The third-order valence-electron chi connectivity index (χ3n) is 4.24. The number of methoxy groups -OCH3 is 1. The molecule has 120 valence electrons. The van der Waals surface area contributed by atoms with Gasteiger partial charge in [-0.05, 0) is 44.1 Å². The molecule has 1 aliphatic rings. The first-order valence-electron chi connectivity index (χ1n) is 7.86. The molecule has 1 saturated carbocycles. The van der Waals surface area contributed by atoms with E-state index in [0.29, 0.717) is 18.9 Å². The first-order valence-corrected chi connectivity index (χ1v) is 9.57. The Balaban J connectivity index is 2.78. The highest BCUT2D eigenvalue weighted by atomic mass is 32.2. The third-order valence-corrected chi connectivity index (χ3v) is 6.72. The van der Waals surface area contributed by atoms with Crippen LogP contribution in [0.2, 0.25) is 0 Å². The van der Waals surface area contributed by atoms with E-state index >= 15 is 0 Å². The van der Waals surface area contributed by atoms with E-state index in [0.717, 1.165) is 25.8 Å². The van der Waals surface area contributed by atoms with Crippen molar-refractivity contribution in [3.8, 4) is 0 Å². The topological polar surface area (TPSA) is 55.4 Å². The van der Waals surface area contributed by atoms with E-state index in [2.05, 4.69) is 26.1 Å². The van der Waals surface area contributed by atoms with E-state index in [1.165, 1.54) is 0 Å². The maximum atomic E-state index is 12.7. The van der Waals surface area contributed by atoms with Crippen LogP contribution in [-0.4, -0.2) is 45.7 Å². The van der Waals surface area contributed by atoms with Gasteiger partial charge >= 0.3 is 0 Å². The van der Waals surface area contributed by atoms with E-state index < -0.39 is 9.84 Å². The predicted molar refractivity (Wildman–Crippen MR) is 83.7 cm³/mol. The summed E-state index contributed by atoms with van der Waals surface area (Å²) in [6, 6.07) is 0.112. The van der Waals surface area contributed by atoms with Gasteiger partial charge in [-0.3, -0.25) is 0 Å². The van der Waals surface area contributed by atoms with Gasteiger partial charge in [0.15, 0.2) is 9.84 Å². The van der Waals surface area contributed by atoms with Gasteiger partial charge in [0.05, 0.1) is 11.0 Å². The number of hydrogen-bond acceptors (Lipinski definition) is 4. The summed E-state index contributed by atoms with van der Waals surface area (Å²) in [5.74, 6) is 1.08. The maximum absolute atomic E-state index is 12.7. The monoisotopic (exact) mass is 305 g/mol. The molecule has 4 nitrogen and oxygen atoms in total. The molecular formula is C15H31NO3S. The maximum Gasteiger partial charge on any atom is 0.155 e. The average molecular weight is 305 g/mol. The summed E-state index contributed by atoms with van der Waals surface area (Å²) < 4.78 is 30.3. The molecule has 0 heterocycles. The SMILES string of the molecule is CCCNC1CC(C)CC(C)C1S(=O)(=O)CCCOC. The molecule has 0 spiro atoms. The van der Waals surface area contributed by atoms with Crippen molar-refractivity contribution in [2.45, 2.75) is 57.7 Å². The van der Waals surface area contributed by atoms with Crippen molar-refractivity contribution in [1.29, 1.82) is 0 Å². The van der Waals surface area contributed by atoms with Gasteiger partial charge < -0.3 is 10.1 Å². The molecule has 0 bridgehead atoms. The summed E-state index contributed by atoms with van der Waals surface area (Å²) in [4.78, 5) is 0. The summed E-state index contributed by atoms with van der Waals surface area (Å²) in [6.45, 7) is 7.85. The van der Waals surface area contributed by atoms with E-state index in [1.807, 2.05) is 0 Å². The Kier molecular flexibility index (Phi) is 7.48. The smallest absolute Gasteiger partial charge is 0.155 e. The van der Waals surface area contributed by atoms with Crippen LogP contribution in [0.3, 0.4) is 0 Å². The molecule has 1 rings (SSSR count). The molecule has 4 unspecified atom stereocenters. The molecule has 0 aromatic heterocycles. The fourth-order valence-electron chi connectivity index (χ4n) is 3.50. The van der Waals surface area contributed by atoms with Crippen LogP contribution in [0.15, 0.2) is 0 Å². The molecule has 1 N–H and O–H groups in total. The van der Waals surface area contributed by atoms with Gasteiger partial charge in [-0.15, -0.1) is 0 Å². The number of sulfone groups is 1. The molecular weight excluding hydrogens is 274 g/mol. The summed E-state index contributed by atoms with van der Waals surface area (Å²) in [5, 5.41) is 3.23. The molecule has 0 aromatic rings. The van der Waals surface area contributed by atoms with Crippen molar-refractivity contribution in [1.82, 2.24) is 5.32 Å². The number of rotatable bonds is 8. The van der Waals surface area contributed by atoms with Crippen LogP contribution in [0.25, 0.3) is 0 Å². The zero-order chi connectivity index (χ0) is 15.2. The number of nitrogens with one attached hydrogen (secondary N) is 1. The minimum Gasteiger partial charge on any atom is -0.385 e. The predicted octanol–water partition coefficient (Wildman–Crippen LogP) is 2.24. The quantitative estimate of drug-likeness (QED) is 0.699. The van der Waals surface area contributed by atoms with Gasteiger partial charge in [0.2, 0.25) is 0 Å². The standard InChI is InChI=1S/C15H31NO3S/c1-5-7-16-14-11-12(2)10-13(3)15(14)20(17,18)9-6-8-19-4/h12-16H,5-11H2,1-4H3. The summed E-state index contributed by atoms with van der Waals surface area (Å²) >= 11 is 0. The summed E-state index contributed by atoms with van der Waals surface area (Å²) in [7, 11) is -1.44. The third kappa shape index (κ3) is 5.01. The van der Waals surface area contributed by atoms with Crippen LogP contribution < -0.4 is 5.32 Å². The van der Waals surface area contributed by atoms with E-state index in [4.69, 9.17) is 4.74 Å². The lowest BCUT2D eigenvalue weighted by Gasteiger charge is -2.39. The van der Waals surface area contributed by atoms with Crippen LogP contribution in [0.4, 0.5) is 0 Å². The zero-order valence-electron chi connectivity index (χ0n) is 13.4. The van der Waals surface area contributed by atoms with Crippen LogP contribution in [0.1, 0.15) is 46.5 Å². The van der Waals surface area contributed by atoms with Gasteiger partial charge in [-0.2, -0.15) is 0 Å². The Bertz CT molecular complexity index is 369. The molecule has 5 heteroatoms. The van der Waals surface area contributed by atoms with E-state index in [9.17, 15) is 8.42 Å². The lowest BCUT2D eigenvalue weighted by molar-refractivity contribution is 0.199. The van der Waals surface area contributed by atoms with Crippen molar-refractivity contribution >= 4 is 9.84 Å². The minimum atomic E-state index is -3.05. The van der Waals surface area contributed by atoms with Crippen LogP contribution in [0.5, 0.6) is 0 Å². The second-order valence-electron chi connectivity index (χ2n) is 6.29. The van der Waals surface area contributed by atoms with E-state index in [-0.39, 0.29) is 23.0 Å². The van der Waals surface area contributed by atoms with Crippen molar-refractivity contribution in [2.75, 3.05) is 26.0 Å². The Morgan fingerprint density at radius 2 is 1.95 bits per heavy atom. The van der Waals surface area contributed by atoms with Gasteiger partial charge in [0, 0.05) is 19.8 Å². The van der Waals surface area contributed by atoms with Crippen molar-refractivity contribution in [3.05, 3.63) is 0 Å². The van der Waals surface area contributed by atoms with Crippen molar-refractivity contribution < 1.29 is 13.2 Å². The zero-order valence-corrected chi connectivity index (χ0v) is 14.2. The molecule has 0 amide bonds. The van der Waals surface area contributed by atoms with Crippen LogP contribution >= 0.6 is 0 Å². The fourth-order valence-corrected chi connectivity index (χ4v) is 5.82. The van der Waals surface area contributed by atoms with Crippen LogP contribution in [0, 0.1) is 11.8 Å². The Morgan fingerprint density at radius 3 is 2.55 bits per heavy atom. The Hall–Kier alpha value is -0.130. The van der Waals surface area contributed by atoms with Gasteiger partial charge in [0.25, 0.3) is 0 Å². The van der Waals surface area contributed by atoms with Gasteiger partial charge in [-0.25, -0.2) is 8.42 Å². The second-order valence-corrected chi connectivity index (χ2v) is 8.57. The van der Waals surface area contributed by atoms with Gasteiger partial charge in [0.1, 0.15) is 0 Å². The fraction of sp³-hybridized carbons (Fsp3) is 1.00. The summed E-state index contributed by atoms with van der Waals surface area (Å²) in [6.07, 6.45) is 3.62. The van der Waals surface area contributed by atoms with Crippen molar-refractivity contribution in [3.63, 3.8) is 0 Å². The molecule has 0 aliphatic heterocycles. The molecule has 0 aromatic carbocycles. The Morgan fingerprint density at radius 1 is 1.25 bits per heavy atom. The highest BCUT2D eigenvalue weighted by Crippen LogP contribution is 2.34. The molecule has 1 fully saturated rings. The molecule has 1 aliphatic carbocycles. The summed E-state index contributed by atoms with van der Waals surface area (Å²) in [5.41, 5.74) is 0. The van der Waals surface area contributed by atoms with Crippen LogP contribution in [-0.2, 0) is 14.6 Å². The van der Waals surface area contributed by atoms with E-state index in [1.54, 1.807) is 7.11 Å².